The van der Waals surface area contributed by atoms with Gasteiger partial charge in [-0.2, -0.15) is 0 Å². The van der Waals surface area contributed by atoms with Crippen LogP contribution in [0.4, 0.5) is 0 Å². The highest BCUT2D eigenvalue weighted by Crippen LogP contribution is 2.11. The Kier molecular flexibility index (Phi) is 2.96. The van der Waals surface area contributed by atoms with Crippen LogP contribution in [-0.4, -0.2) is 33.8 Å². The maximum Gasteiger partial charge on any atom is 0.234 e. The Labute approximate surface area is 88.1 Å². The third kappa shape index (κ3) is 2.15. The van der Waals surface area contributed by atoms with Crippen LogP contribution < -0.4 is 10.6 Å². The van der Waals surface area contributed by atoms with Gasteiger partial charge in [-0.25, -0.2) is 0 Å². The van der Waals surface area contributed by atoms with Crippen LogP contribution in [0.3, 0.4) is 0 Å². The molecule has 0 saturated carbocycles. The lowest BCUT2D eigenvalue weighted by Gasteiger charge is -2.23. The molecule has 2 heterocycles. The van der Waals surface area contributed by atoms with Crippen LogP contribution in [0.25, 0.3) is 0 Å². The fourth-order valence-corrected chi connectivity index (χ4v) is 1.70. The van der Waals surface area contributed by atoms with Gasteiger partial charge in [-0.1, -0.05) is 6.92 Å². The van der Waals surface area contributed by atoms with Crippen molar-refractivity contribution in [3.05, 3.63) is 12.2 Å². The minimum atomic E-state index is 0.0350. The number of nitrogens with zero attached hydrogens (tertiary/aromatic N) is 3. The molecule has 0 bridgehead atoms. The first-order chi connectivity index (χ1) is 7.31. The van der Waals surface area contributed by atoms with Gasteiger partial charge in [0.15, 0.2) is 5.82 Å². The van der Waals surface area contributed by atoms with Crippen LogP contribution in [0.5, 0.6) is 0 Å². The lowest BCUT2D eigenvalue weighted by molar-refractivity contribution is -0.121. The molecule has 0 radical (unpaired) electrons. The highest BCUT2D eigenvalue weighted by molar-refractivity contribution is 5.78. The second-order valence-corrected chi connectivity index (χ2v) is 3.62. The first kappa shape index (κ1) is 10.1. The molecule has 1 unspecified atom stereocenters. The number of aromatic nitrogens is 3. The van der Waals surface area contributed by atoms with Crippen molar-refractivity contribution >= 4 is 5.91 Å². The number of carbonyl (C=O) groups is 1. The summed E-state index contributed by atoms with van der Waals surface area (Å²) >= 11 is 0. The van der Waals surface area contributed by atoms with Gasteiger partial charge in [0.2, 0.25) is 5.91 Å². The van der Waals surface area contributed by atoms with Crippen LogP contribution in [0.15, 0.2) is 6.33 Å². The molecule has 1 fully saturated rings. The standard InChI is InChI=1S/C9H15N5O/c1-2-3-14-6-12-13-9(14)7-4-11-8(15)5-10-7/h6-7,10H,2-5H2,1H3,(H,11,15). The van der Waals surface area contributed by atoms with E-state index in [1.54, 1.807) is 6.33 Å². The van der Waals surface area contributed by atoms with E-state index in [4.69, 9.17) is 0 Å². The number of amides is 1. The van der Waals surface area contributed by atoms with Crippen molar-refractivity contribution in [2.75, 3.05) is 13.1 Å². The highest BCUT2D eigenvalue weighted by atomic mass is 16.2. The molecular weight excluding hydrogens is 194 g/mol. The Morgan fingerprint density at radius 1 is 1.67 bits per heavy atom. The van der Waals surface area contributed by atoms with Gasteiger partial charge < -0.3 is 9.88 Å². The van der Waals surface area contributed by atoms with Crippen molar-refractivity contribution in [3.8, 4) is 0 Å². The van der Waals surface area contributed by atoms with Gasteiger partial charge in [-0.05, 0) is 6.42 Å². The number of carbonyl (C=O) groups excluding carboxylic acids is 1. The quantitative estimate of drug-likeness (QED) is 0.700. The summed E-state index contributed by atoms with van der Waals surface area (Å²) in [7, 11) is 0. The summed E-state index contributed by atoms with van der Waals surface area (Å²) in [5, 5.41) is 13.9. The van der Waals surface area contributed by atoms with Crippen molar-refractivity contribution in [1.82, 2.24) is 25.4 Å². The highest BCUT2D eigenvalue weighted by Gasteiger charge is 2.22. The Balaban J connectivity index is 2.08. The van der Waals surface area contributed by atoms with Crippen LogP contribution in [0.2, 0.25) is 0 Å². The smallest absolute Gasteiger partial charge is 0.234 e. The van der Waals surface area contributed by atoms with Crippen LogP contribution in [-0.2, 0) is 11.3 Å². The third-order valence-corrected chi connectivity index (χ3v) is 2.43. The lowest BCUT2D eigenvalue weighted by atomic mass is 10.2. The van der Waals surface area contributed by atoms with Gasteiger partial charge >= 0.3 is 0 Å². The average molecular weight is 209 g/mol. The topological polar surface area (TPSA) is 71.8 Å². The maximum atomic E-state index is 11.0. The Hall–Kier alpha value is -1.43. The predicted octanol–water partition coefficient (Wildman–Crippen LogP) is -0.551. The summed E-state index contributed by atoms with van der Waals surface area (Å²) in [6.07, 6.45) is 2.78. The second-order valence-electron chi connectivity index (χ2n) is 3.62. The fraction of sp³-hybridized carbons (Fsp3) is 0.667. The van der Waals surface area contributed by atoms with Crippen LogP contribution in [0, 0.1) is 0 Å². The molecule has 0 spiro atoms. The van der Waals surface area contributed by atoms with E-state index in [9.17, 15) is 4.79 Å². The number of aryl methyl sites for hydroxylation is 1. The molecule has 0 aromatic carbocycles. The molecule has 2 N–H and O–H groups in total. The second kappa shape index (κ2) is 4.39. The van der Waals surface area contributed by atoms with E-state index in [1.165, 1.54) is 0 Å². The first-order valence-electron chi connectivity index (χ1n) is 5.19. The fourth-order valence-electron chi connectivity index (χ4n) is 1.70. The van der Waals surface area contributed by atoms with Crippen molar-refractivity contribution in [3.63, 3.8) is 0 Å². The van der Waals surface area contributed by atoms with Gasteiger partial charge in [0.25, 0.3) is 0 Å². The molecule has 1 atom stereocenters. The zero-order chi connectivity index (χ0) is 10.7. The zero-order valence-electron chi connectivity index (χ0n) is 8.73. The Morgan fingerprint density at radius 3 is 3.20 bits per heavy atom. The van der Waals surface area contributed by atoms with Crippen molar-refractivity contribution in [2.45, 2.75) is 25.9 Å². The molecule has 1 aliphatic rings. The van der Waals surface area contributed by atoms with Crippen molar-refractivity contribution in [1.29, 1.82) is 0 Å². The molecule has 0 aliphatic carbocycles. The number of hydrogen-bond donors (Lipinski definition) is 2. The lowest BCUT2D eigenvalue weighted by Crippen LogP contribution is -2.47. The summed E-state index contributed by atoms with van der Waals surface area (Å²) < 4.78 is 2.02. The third-order valence-electron chi connectivity index (χ3n) is 2.43. The number of piperazine rings is 1. The minimum absolute atomic E-state index is 0.0350. The summed E-state index contributed by atoms with van der Waals surface area (Å²) in [5.41, 5.74) is 0. The molecule has 1 aliphatic heterocycles. The normalized spacial score (nSPS) is 21.4. The SMILES string of the molecule is CCCn1cnnc1C1CNC(=O)CN1. The molecule has 82 valence electrons. The number of rotatable bonds is 3. The molecule has 6 heteroatoms. The molecular formula is C9H15N5O. The van der Waals surface area contributed by atoms with Crippen LogP contribution in [0.1, 0.15) is 25.2 Å². The summed E-state index contributed by atoms with van der Waals surface area (Å²) in [6.45, 7) is 3.96. The van der Waals surface area contributed by atoms with Gasteiger partial charge in [0.1, 0.15) is 6.33 Å². The molecule has 15 heavy (non-hydrogen) atoms. The van der Waals surface area contributed by atoms with E-state index in [-0.39, 0.29) is 11.9 Å². The molecule has 1 saturated heterocycles. The van der Waals surface area contributed by atoms with Gasteiger partial charge in [-0.15, -0.1) is 10.2 Å². The summed E-state index contributed by atoms with van der Waals surface area (Å²) in [5.74, 6) is 0.935. The van der Waals surface area contributed by atoms with Crippen molar-refractivity contribution < 1.29 is 4.79 Å². The molecule has 1 aromatic heterocycles. The van der Waals surface area contributed by atoms with E-state index < -0.39 is 0 Å². The number of nitrogens with one attached hydrogen (secondary N) is 2. The van der Waals surface area contributed by atoms with Gasteiger partial charge in [0, 0.05) is 13.1 Å². The maximum absolute atomic E-state index is 11.0. The molecule has 2 rings (SSSR count). The summed E-state index contributed by atoms with van der Waals surface area (Å²) in [6, 6.07) is 0.0803. The Bertz CT molecular complexity index is 338. The molecule has 1 amide bonds. The number of hydrogen-bond acceptors (Lipinski definition) is 4. The van der Waals surface area contributed by atoms with E-state index in [0.717, 1.165) is 18.8 Å². The molecule has 6 nitrogen and oxygen atoms in total. The molecule has 1 aromatic rings. The van der Waals surface area contributed by atoms with Crippen LogP contribution >= 0.6 is 0 Å². The van der Waals surface area contributed by atoms with Gasteiger partial charge in [-0.3, -0.25) is 10.1 Å². The van der Waals surface area contributed by atoms with Gasteiger partial charge in [0.05, 0.1) is 12.6 Å². The van der Waals surface area contributed by atoms with E-state index in [2.05, 4.69) is 27.8 Å². The monoisotopic (exact) mass is 209 g/mol. The van der Waals surface area contributed by atoms with E-state index in [0.29, 0.717) is 13.1 Å². The minimum Gasteiger partial charge on any atom is -0.353 e. The van der Waals surface area contributed by atoms with Crippen molar-refractivity contribution in [2.24, 2.45) is 0 Å². The van der Waals surface area contributed by atoms with E-state index >= 15 is 0 Å². The zero-order valence-corrected chi connectivity index (χ0v) is 8.73. The summed E-state index contributed by atoms with van der Waals surface area (Å²) in [4.78, 5) is 11.0. The average Bonchev–Trinajstić information content (AvgIpc) is 2.68. The predicted molar refractivity (Wildman–Crippen MR) is 54.1 cm³/mol. The largest absolute Gasteiger partial charge is 0.353 e. The first-order valence-corrected chi connectivity index (χ1v) is 5.19. The van der Waals surface area contributed by atoms with E-state index in [1.807, 2.05) is 4.57 Å². The Morgan fingerprint density at radius 2 is 2.53 bits per heavy atom.